The number of amides is 1. The van der Waals surface area contributed by atoms with Gasteiger partial charge in [0.1, 0.15) is 5.75 Å². The lowest BCUT2D eigenvalue weighted by Crippen LogP contribution is -2.24. The molecular weight excluding hydrogens is 331 g/mol. The van der Waals surface area contributed by atoms with Crippen molar-refractivity contribution in [2.24, 2.45) is 5.10 Å². The van der Waals surface area contributed by atoms with Crippen molar-refractivity contribution in [1.82, 2.24) is 5.43 Å². The number of halogens is 2. The van der Waals surface area contributed by atoms with E-state index in [1.54, 1.807) is 35.8 Å². The number of ether oxygens (including phenoxy) is 1. The van der Waals surface area contributed by atoms with Gasteiger partial charge in [0.2, 0.25) is 0 Å². The molecule has 1 aromatic heterocycles. The Morgan fingerprint density at radius 2 is 2.19 bits per heavy atom. The molecular formula is C14H12Cl2N2O2S. The number of carbonyl (C=O) groups excluding carboxylic acids is 1. The fraction of sp³-hybridized carbons (Fsp3) is 0.143. The number of hydrogen-bond donors (Lipinski definition) is 1. The van der Waals surface area contributed by atoms with Crippen molar-refractivity contribution in [3.05, 3.63) is 50.1 Å². The Morgan fingerprint density at radius 1 is 1.38 bits per heavy atom. The van der Waals surface area contributed by atoms with Crippen LogP contribution >= 0.6 is 34.5 Å². The Morgan fingerprint density at radius 3 is 2.86 bits per heavy atom. The van der Waals surface area contributed by atoms with E-state index in [0.717, 1.165) is 4.88 Å². The first-order chi connectivity index (χ1) is 10.0. The Bertz CT molecular complexity index is 671. The molecule has 1 aromatic carbocycles. The van der Waals surface area contributed by atoms with E-state index in [9.17, 15) is 4.79 Å². The first-order valence-corrected chi connectivity index (χ1v) is 7.58. The summed E-state index contributed by atoms with van der Waals surface area (Å²) in [4.78, 5) is 13.7. The third-order valence-electron chi connectivity index (χ3n) is 2.39. The van der Waals surface area contributed by atoms with Crippen LogP contribution in [0.4, 0.5) is 0 Å². The topological polar surface area (TPSA) is 50.7 Å². The zero-order valence-corrected chi connectivity index (χ0v) is 13.4. The highest BCUT2D eigenvalue weighted by atomic mass is 35.5. The van der Waals surface area contributed by atoms with E-state index in [4.69, 9.17) is 27.9 Å². The molecule has 4 nitrogen and oxygen atoms in total. The quantitative estimate of drug-likeness (QED) is 0.661. The summed E-state index contributed by atoms with van der Waals surface area (Å²) in [6, 6.07) is 8.71. The molecule has 1 heterocycles. The van der Waals surface area contributed by atoms with Crippen LogP contribution in [0.5, 0.6) is 5.75 Å². The summed E-state index contributed by atoms with van der Waals surface area (Å²) in [5.74, 6) is 0.0274. The van der Waals surface area contributed by atoms with Crippen LogP contribution in [0.3, 0.4) is 0 Å². The predicted octanol–water partition coefficient (Wildman–Crippen LogP) is 3.89. The van der Waals surface area contributed by atoms with Crippen molar-refractivity contribution >= 4 is 46.7 Å². The summed E-state index contributed by atoms with van der Waals surface area (Å²) in [6.45, 7) is 1.83. The van der Waals surface area contributed by atoms with Crippen molar-refractivity contribution in [2.75, 3.05) is 6.61 Å². The van der Waals surface area contributed by atoms with Gasteiger partial charge in [0.15, 0.2) is 6.61 Å². The number of rotatable bonds is 5. The lowest BCUT2D eigenvalue weighted by molar-refractivity contribution is -0.123. The Labute approximate surface area is 136 Å². The second-order valence-corrected chi connectivity index (χ2v) is 6.27. The molecule has 0 bridgehead atoms. The maximum Gasteiger partial charge on any atom is 0.277 e. The maximum absolute atomic E-state index is 11.6. The highest BCUT2D eigenvalue weighted by molar-refractivity contribution is 7.13. The maximum atomic E-state index is 11.6. The van der Waals surface area contributed by atoms with E-state index in [1.807, 2.05) is 19.1 Å². The van der Waals surface area contributed by atoms with Gasteiger partial charge in [0.25, 0.3) is 5.91 Å². The molecule has 0 unspecified atom stereocenters. The lowest BCUT2D eigenvalue weighted by atomic mass is 10.3. The Kier molecular flexibility index (Phi) is 5.61. The number of benzene rings is 1. The van der Waals surface area contributed by atoms with E-state index in [-0.39, 0.29) is 12.5 Å². The van der Waals surface area contributed by atoms with Crippen LogP contribution in [-0.4, -0.2) is 18.7 Å². The molecule has 2 aromatic rings. The molecule has 1 N–H and O–H groups in total. The van der Waals surface area contributed by atoms with Gasteiger partial charge in [0, 0.05) is 14.8 Å². The Hall–Kier alpha value is -1.56. The molecule has 110 valence electrons. The highest BCUT2D eigenvalue weighted by Gasteiger charge is 2.05. The van der Waals surface area contributed by atoms with Crippen LogP contribution in [0.15, 0.2) is 35.4 Å². The standard InChI is InChI=1S/C14H12Cl2N2O2S/c1-9-2-4-11(21-9)7-17-18-14(19)8-20-13-5-3-10(15)6-12(13)16/h2-7H,8H2,1H3,(H,18,19)/b17-7+. The molecule has 2 rings (SSSR count). The lowest BCUT2D eigenvalue weighted by Gasteiger charge is -2.06. The Balaban J connectivity index is 1.81. The second-order valence-electron chi connectivity index (χ2n) is 4.11. The molecule has 0 spiro atoms. The number of hydrazone groups is 1. The number of aryl methyl sites for hydroxylation is 1. The molecule has 0 fully saturated rings. The molecule has 0 atom stereocenters. The number of thiophene rings is 1. The molecule has 0 aliphatic heterocycles. The first-order valence-electron chi connectivity index (χ1n) is 6.01. The largest absolute Gasteiger partial charge is 0.482 e. The smallest absolute Gasteiger partial charge is 0.277 e. The van der Waals surface area contributed by atoms with Gasteiger partial charge in [-0.1, -0.05) is 23.2 Å². The highest BCUT2D eigenvalue weighted by Crippen LogP contribution is 2.27. The van der Waals surface area contributed by atoms with E-state index in [1.165, 1.54) is 4.88 Å². The van der Waals surface area contributed by atoms with Gasteiger partial charge < -0.3 is 4.74 Å². The number of hydrogen-bond acceptors (Lipinski definition) is 4. The molecule has 0 aliphatic carbocycles. The van der Waals surface area contributed by atoms with Gasteiger partial charge in [0.05, 0.1) is 11.2 Å². The van der Waals surface area contributed by atoms with Gasteiger partial charge in [-0.2, -0.15) is 5.10 Å². The normalized spacial score (nSPS) is 10.8. The average molecular weight is 343 g/mol. The minimum absolute atomic E-state index is 0.178. The van der Waals surface area contributed by atoms with E-state index in [0.29, 0.717) is 15.8 Å². The van der Waals surface area contributed by atoms with E-state index < -0.39 is 0 Å². The van der Waals surface area contributed by atoms with Crippen LogP contribution in [0.2, 0.25) is 10.0 Å². The van der Waals surface area contributed by atoms with Crippen LogP contribution in [0, 0.1) is 6.92 Å². The average Bonchev–Trinajstić information content (AvgIpc) is 2.83. The second kappa shape index (κ2) is 7.45. The summed E-state index contributed by atoms with van der Waals surface area (Å²) >= 11 is 13.3. The fourth-order valence-corrected chi connectivity index (χ4v) is 2.67. The summed E-state index contributed by atoms with van der Waals surface area (Å²) in [5, 5.41) is 4.72. The zero-order chi connectivity index (χ0) is 15.2. The fourth-order valence-electron chi connectivity index (χ4n) is 1.46. The molecule has 0 radical (unpaired) electrons. The van der Waals surface area contributed by atoms with Gasteiger partial charge in [-0.05, 0) is 37.3 Å². The van der Waals surface area contributed by atoms with Gasteiger partial charge in [-0.25, -0.2) is 5.43 Å². The van der Waals surface area contributed by atoms with Crippen molar-refractivity contribution in [2.45, 2.75) is 6.92 Å². The van der Waals surface area contributed by atoms with Crippen LogP contribution in [-0.2, 0) is 4.79 Å². The summed E-state index contributed by atoms with van der Waals surface area (Å²) in [6.07, 6.45) is 1.59. The summed E-state index contributed by atoms with van der Waals surface area (Å²) < 4.78 is 5.29. The van der Waals surface area contributed by atoms with Crippen LogP contribution in [0.1, 0.15) is 9.75 Å². The zero-order valence-electron chi connectivity index (χ0n) is 11.1. The number of nitrogens with one attached hydrogen (secondary N) is 1. The third kappa shape index (κ3) is 5.04. The minimum atomic E-state index is -0.370. The first kappa shape index (κ1) is 15.8. The number of nitrogens with zero attached hydrogens (tertiary/aromatic N) is 1. The predicted molar refractivity (Wildman–Crippen MR) is 86.7 cm³/mol. The molecule has 0 saturated heterocycles. The summed E-state index contributed by atoms with van der Waals surface area (Å²) in [5.41, 5.74) is 2.38. The van der Waals surface area contributed by atoms with E-state index >= 15 is 0 Å². The van der Waals surface area contributed by atoms with Crippen LogP contribution in [0.25, 0.3) is 0 Å². The van der Waals surface area contributed by atoms with Crippen molar-refractivity contribution in [3.63, 3.8) is 0 Å². The molecule has 21 heavy (non-hydrogen) atoms. The number of carbonyl (C=O) groups is 1. The van der Waals surface area contributed by atoms with Crippen LogP contribution < -0.4 is 10.2 Å². The molecule has 0 aliphatic rings. The summed E-state index contributed by atoms with van der Waals surface area (Å²) in [7, 11) is 0. The minimum Gasteiger partial charge on any atom is -0.482 e. The molecule has 0 saturated carbocycles. The SMILES string of the molecule is Cc1ccc(/C=N/NC(=O)COc2ccc(Cl)cc2Cl)s1. The molecule has 1 amide bonds. The van der Waals surface area contributed by atoms with Gasteiger partial charge in [-0.15, -0.1) is 11.3 Å². The van der Waals surface area contributed by atoms with Gasteiger partial charge in [-0.3, -0.25) is 4.79 Å². The third-order valence-corrected chi connectivity index (χ3v) is 3.86. The monoisotopic (exact) mass is 342 g/mol. The van der Waals surface area contributed by atoms with Crippen molar-refractivity contribution in [1.29, 1.82) is 0 Å². The molecule has 7 heteroatoms. The van der Waals surface area contributed by atoms with Gasteiger partial charge >= 0.3 is 0 Å². The van der Waals surface area contributed by atoms with Crippen molar-refractivity contribution < 1.29 is 9.53 Å². The van der Waals surface area contributed by atoms with E-state index in [2.05, 4.69) is 10.5 Å². The van der Waals surface area contributed by atoms with Crippen molar-refractivity contribution in [3.8, 4) is 5.75 Å².